The summed E-state index contributed by atoms with van der Waals surface area (Å²) in [6.07, 6.45) is 0. The van der Waals surface area contributed by atoms with Crippen molar-refractivity contribution in [1.82, 2.24) is 9.88 Å². The van der Waals surface area contributed by atoms with Crippen molar-refractivity contribution in [3.8, 4) is 5.75 Å². The predicted molar refractivity (Wildman–Crippen MR) is 92.8 cm³/mol. The first-order valence-corrected chi connectivity index (χ1v) is 8.02. The Morgan fingerprint density at radius 2 is 1.83 bits per heavy atom. The molecule has 0 unspecified atom stereocenters. The lowest BCUT2D eigenvalue weighted by atomic mass is 10.2. The van der Waals surface area contributed by atoms with Crippen LogP contribution in [0, 0.1) is 20.8 Å². The minimum absolute atomic E-state index is 0.0337. The van der Waals surface area contributed by atoms with E-state index < -0.39 is 0 Å². The highest BCUT2D eigenvalue weighted by atomic mass is 16.5. The Morgan fingerprint density at radius 1 is 1.17 bits per heavy atom. The molecule has 23 heavy (non-hydrogen) atoms. The second-order valence-electron chi connectivity index (χ2n) is 6.24. The van der Waals surface area contributed by atoms with Gasteiger partial charge in [-0.05, 0) is 58.4 Å². The zero-order valence-corrected chi connectivity index (χ0v) is 14.6. The first kappa shape index (κ1) is 17.1. The zero-order valence-electron chi connectivity index (χ0n) is 14.6. The third-order valence-corrected chi connectivity index (χ3v) is 3.97. The molecule has 0 aliphatic rings. The van der Waals surface area contributed by atoms with E-state index in [1.807, 2.05) is 31.2 Å². The van der Waals surface area contributed by atoms with Gasteiger partial charge in [0.1, 0.15) is 5.75 Å². The Bertz CT molecular complexity index is 669. The number of nitrogens with zero attached hydrogens (tertiary/aromatic N) is 1. The number of amides is 1. The van der Waals surface area contributed by atoms with Crippen molar-refractivity contribution in [2.75, 3.05) is 6.61 Å². The summed E-state index contributed by atoms with van der Waals surface area (Å²) in [5.74, 6) is 0.601. The zero-order chi connectivity index (χ0) is 17.0. The molecule has 0 spiro atoms. The van der Waals surface area contributed by atoms with Crippen LogP contribution < -0.4 is 10.1 Å². The number of aryl methyl sites for hydroxylation is 2. The van der Waals surface area contributed by atoms with Crippen LogP contribution in [-0.2, 0) is 11.3 Å². The van der Waals surface area contributed by atoms with Gasteiger partial charge in [0.25, 0.3) is 5.91 Å². The normalized spacial score (nSPS) is 10.9. The SMILES string of the molecule is Cc1ccc(OCC(=O)NCc2cc(C)n(C(C)C)c2C)cc1. The molecule has 0 saturated carbocycles. The molecule has 1 aromatic heterocycles. The van der Waals surface area contributed by atoms with Crippen molar-refractivity contribution in [2.45, 2.75) is 47.2 Å². The Balaban J connectivity index is 1.87. The molecule has 1 heterocycles. The van der Waals surface area contributed by atoms with Crippen molar-refractivity contribution < 1.29 is 9.53 Å². The topological polar surface area (TPSA) is 43.3 Å². The van der Waals surface area contributed by atoms with Crippen molar-refractivity contribution >= 4 is 5.91 Å². The first-order valence-electron chi connectivity index (χ1n) is 8.02. The van der Waals surface area contributed by atoms with Crippen LogP contribution in [0.15, 0.2) is 30.3 Å². The second-order valence-corrected chi connectivity index (χ2v) is 6.24. The van der Waals surface area contributed by atoms with E-state index in [-0.39, 0.29) is 12.5 Å². The van der Waals surface area contributed by atoms with Gasteiger partial charge in [-0.3, -0.25) is 4.79 Å². The van der Waals surface area contributed by atoms with Gasteiger partial charge in [-0.2, -0.15) is 0 Å². The van der Waals surface area contributed by atoms with Gasteiger partial charge < -0.3 is 14.6 Å². The van der Waals surface area contributed by atoms with Gasteiger partial charge in [0.05, 0.1) is 0 Å². The van der Waals surface area contributed by atoms with Crippen LogP contribution in [0.4, 0.5) is 0 Å². The molecule has 1 N–H and O–H groups in total. The molecule has 4 heteroatoms. The van der Waals surface area contributed by atoms with E-state index in [1.54, 1.807) is 0 Å². The smallest absolute Gasteiger partial charge is 0.258 e. The average molecular weight is 314 g/mol. The number of carbonyl (C=O) groups excluding carboxylic acids is 1. The molecule has 0 saturated heterocycles. The number of aromatic nitrogens is 1. The van der Waals surface area contributed by atoms with Crippen molar-refractivity contribution in [1.29, 1.82) is 0 Å². The number of ether oxygens (including phenoxy) is 1. The molecule has 0 aliphatic heterocycles. The lowest BCUT2D eigenvalue weighted by molar-refractivity contribution is -0.123. The molecular formula is C19H26N2O2. The number of nitrogens with one attached hydrogen (secondary N) is 1. The Kier molecular flexibility index (Phi) is 5.48. The summed E-state index contributed by atoms with van der Waals surface area (Å²) >= 11 is 0. The fraction of sp³-hybridized carbons (Fsp3) is 0.421. The lowest BCUT2D eigenvalue weighted by Crippen LogP contribution is -2.28. The van der Waals surface area contributed by atoms with Crippen LogP contribution >= 0.6 is 0 Å². The Hall–Kier alpha value is -2.23. The quantitative estimate of drug-likeness (QED) is 0.883. The van der Waals surface area contributed by atoms with Crippen LogP contribution in [0.5, 0.6) is 5.75 Å². The highest BCUT2D eigenvalue weighted by Gasteiger charge is 2.12. The highest BCUT2D eigenvalue weighted by molar-refractivity contribution is 5.77. The molecule has 2 rings (SSSR count). The summed E-state index contributed by atoms with van der Waals surface area (Å²) in [5, 5.41) is 2.92. The Morgan fingerprint density at radius 3 is 2.39 bits per heavy atom. The fourth-order valence-corrected chi connectivity index (χ4v) is 2.85. The van der Waals surface area contributed by atoms with Gasteiger partial charge in [0.2, 0.25) is 0 Å². The predicted octanol–water partition coefficient (Wildman–Crippen LogP) is 3.69. The third-order valence-electron chi connectivity index (χ3n) is 3.97. The third kappa shape index (κ3) is 4.38. The largest absolute Gasteiger partial charge is 0.484 e. The van der Waals surface area contributed by atoms with E-state index in [4.69, 9.17) is 4.74 Å². The molecule has 1 amide bonds. The standard InChI is InChI=1S/C19H26N2O2/c1-13(2)21-15(4)10-17(16(21)5)11-20-19(22)12-23-18-8-6-14(3)7-9-18/h6-10,13H,11-12H2,1-5H3,(H,20,22). The molecule has 0 atom stereocenters. The van der Waals surface area contributed by atoms with Gasteiger partial charge >= 0.3 is 0 Å². The Labute approximate surface area is 138 Å². The summed E-state index contributed by atoms with van der Waals surface area (Å²) in [7, 11) is 0. The van der Waals surface area contributed by atoms with E-state index >= 15 is 0 Å². The maximum atomic E-state index is 12.0. The van der Waals surface area contributed by atoms with Gasteiger partial charge in [0, 0.05) is 24.0 Å². The minimum Gasteiger partial charge on any atom is -0.484 e. The maximum Gasteiger partial charge on any atom is 0.258 e. The van der Waals surface area contributed by atoms with Gasteiger partial charge in [-0.15, -0.1) is 0 Å². The fourth-order valence-electron chi connectivity index (χ4n) is 2.85. The summed E-state index contributed by atoms with van der Waals surface area (Å²) < 4.78 is 7.77. The van der Waals surface area contributed by atoms with E-state index in [2.05, 4.69) is 43.6 Å². The monoisotopic (exact) mass is 314 g/mol. The summed E-state index contributed by atoms with van der Waals surface area (Å²) in [6.45, 7) is 11.1. The highest BCUT2D eigenvalue weighted by Crippen LogP contribution is 2.19. The number of rotatable bonds is 6. The van der Waals surface area contributed by atoms with Crippen LogP contribution in [0.1, 0.15) is 42.4 Å². The molecule has 0 aliphatic carbocycles. The van der Waals surface area contributed by atoms with Gasteiger partial charge in [0.15, 0.2) is 6.61 Å². The molecule has 1 aromatic carbocycles. The van der Waals surface area contributed by atoms with Gasteiger partial charge in [-0.25, -0.2) is 0 Å². The van der Waals surface area contributed by atoms with Crippen LogP contribution in [-0.4, -0.2) is 17.1 Å². The van der Waals surface area contributed by atoms with E-state index in [1.165, 1.54) is 17.0 Å². The maximum absolute atomic E-state index is 12.0. The van der Waals surface area contributed by atoms with E-state index in [9.17, 15) is 4.79 Å². The molecule has 0 bridgehead atoms. The average Bonchev–Trinajstić information content (AvgIpc) is 2.78. The molecule has 0 fully saturated rings. The van der Waals surface area contributed by atoms with Gasteiger partial charge in [-0.1, -0.05) is 17.7 Å². The number of hydrogen-bond acceptors (Lipinski definition) is 2. The number of benzene rings is 1. The lowest BCUT2D eigenvalue weighted by Gasteiger charge is -2.14. The minimum atomic E-state index is -0.111. The van der Waals surface area contributed by atoms with Crippen molar-refractivity contribution in [3.63, 3.8) is 0 Å². The van der Waals surface area contributed by atoms with E-state index in [0.717, 1.165) is 5.56 Å². The number of hydrogen-bond donors (Lipinski definition) is 1. The summed E-state index contributed by atoms with van der Waals surface area (Å²) in [4.78, 5) is 12.0. The van der Waals surface area contributed by atoms with Crippen LogP contribution in [0.3, 0.4) is 0 Å². The second kappa shape index (κ2) is 7.36. The number of carbonyl (C=O) groups is 1. The van der Waals surface area contributed by atoms with E-state index in [0.29, 0.717) is 18.3 Å². The van der Waals surface area contributed by atoms with Crippen molar-refractivity contribution in [3.05, 3.63) is 52.8 Å². The van der Waals surface area contributed by atoms with Crippen LogP contribution in [0.2, 0.25) is 0 Å². The molecule has 2 aromatic rings. The molecular weight excluding hydrogens is 288 g/mol. The first-order chi connectivity index (χ1) is 10.9. The summed E-state index contributed by atoms with van der Waals surface area (Å²) in [6, 6.07) is 10.2. The van der Waals surface area contributed by atoms with Crippen molar-refractivity contribution in [2.24, 2.45) is 0 Å². The molecule has 0 radical (unpaired) electrons. The molecule has 4 nitrogen and oxygen atoms in total. The molecule has 124 valence electrons. The van der Waals surface area contributed by atoms with Crippen LogP contribution in [0.25, 0.3) is 0 Å². The summed E-state index contributed by atoms with van der Waals surface area (Å²) in [5.41, 5.74) is 4.75.